The number of hydrogen-bond donors (Lipinski definition) is 0. The van der Waals surface area contributed by atoms with E-state index in [1.165, 1.54) is 5.56 Å². The van der Waals surface area contributed by atoms with Gasteiger partial charge in [-0.2, -0.15) is 15.8 Å². The molecule has 0 spiro atoms. The van der Waals surface area contributed by atoms with Gasteiger partial charge in [-0.3, -0.25) is 0 Å². The summed E-state index contributed by atoms with van der Waals surface area (Å²) in [5, 5.41) is 28.2. The molecule has 0 aliphatic rings. The van der Waals surface area contributed by atoms with Gasteiger partial charge < -0.3 is 0 Å². The van der Waals surface area contributed by atoms with Crippen molar-refractivity contribution in [3.05, 3.63) is 142 Å². The lowest BCUT2D eigenvalue weighted by Crippen LogP contribution is -2.31. The fraction of sp³-hybridized carbons (Fsp3) is 0.156. The second-order valence-electron chi connectivity index (χ2n) is 9.65. The Labute approximate surface area is 207 Å². The van der Waals surface area contributed by atoms with Gasteiger partial charge in [-0.1, -0.05) is 81.4 Å². The lowest BCUT2D eigenvalue weighted by atomic mass is 9.64. The summed E-state index contributed by atoms with van der Waals surface area (Å²) in [5.41, 5.74) is 6.26. The van der Waals surface area contributed by atoms with Gasteiger partial charge in [0.25, 0.3) is 0 Å². The zero-order valence-electron chi connectivity index (χ0n) is 20.1. The Bertz CT molecular complexity index is 1330. The molecule has 0 aromatic heterocycles. The number of nitrogens with zero attached hydrogens (tertiary/aromatic N) is 3. The van der Waals surface area contributed by atoms with Gasteiger partial charge >= 0.3 is 0 Å². The van der Waals surface area contributed by atoms with E-state index in [1.807, 2.05) is 72.8 Å². The summed E-state index contributed by atoms with van der Waals surface area (Å²) in [6.07, 6.45) is 0. The van der Waals surface area contributed by atoms with Crippen LogP contribution in [0.25, 0.3) is 0 Å². The van der Waals surface area contributed by atoms with Crippen molar-refractivity contribution in [1.82, 2.24) is 0 Å². The minimum absolute atomic E-state index is 0.0538. The third-order valence-corrected chi connectivity index (χ3v) is 6.50. The maximum absolute atomic E-state index is 9.41. The Morgan fingerprint density at radius 1 is 0.457 bits per heavy atom. The van der Waals surface area contributed by atoms with Gasteiger partial charge in [0.2, 0.25) is 0 Å². The molecule has 0 saturated carbocycles. The zero-order chi connectivity index (χ0) is 25.1. The molecule has 0 atom stereocenters. The van der Waals surface area contributed by atoms with Crippen molar-refractivity contribution in [3.63, 3.8) is 0 Å². The molecule has 0 unspecified atom stereocenters. The molecule has 3 nitrogen and oxygen atoms in total. The normalized spacial score (nSPS) is 11.2. The summed E-state index contributed by atoms with van der Waals surface area (Å²) in [6, 6.07) is 38.3. The van der Waals surface area contributed by atoms with E-state index >= 15 is 0 Å². The number of benzene rings is 4. The molecule has 4 rings (SSSR count). The van der Waals surface area contributed by atoms with Crippen LogP contribution in [-0.2, 0) is 10.8 Å². The van der Waals surface area contributed by atoms with Gasteiger partial charge in [0.15, 0.2) is 0 Å². The minimum atomic E-state index is -0.725. The maximum atomic E-state index is 9.41. The molecule has 4 aromatic rings. The second kappa shape index (κ2) is 9.30. The number of rotatable bonds is 4. The first-order valence-electron chi connectivity index (χ1n) is 11.5. The SMILES string of the molecule is CC(C)(C)c1cccc(C(c2ccc(C#N)cc2)(c2ccc(C#N)cc2)c2ccc(C#N)cc2)c1. The zero-order valence-corrected chi connectivity index (χ0v) is 20.1. The first-order chi connectivity index (χ1) is 16.8. The molecule has 0 saturated heterocycles. The first-order valence-corrected chi connectivity index (χ1v) is 11.5. The molecular weight excluding hydrogens is 426 g/mol. The molecule has 0 amide bonds. The Morgan fingerprint density at radius 3 is 1.11 bits per heavy atom. The highest BCUT2D eigenvalue weighted by Crippen LogP contribution is 2.46. The highest BCUT2D eigenvalue weighted by Gasteiger charge is 2.39. The Kier molecular flexibility index (Phi) is 6.25. The van der Waals surface area contributed by atoms with Crippen molar-refractivity contribution in [1.29, 1.82) is 15.8 Å². The highest BCUT2D eigenvalue weighted by atomic mass is 14.4. The van der Waals surface area contributed by atoms with Crippen LogP contribution in [0.3, 0.4) is 0 Å². The molecule has 0 fully saturated rings. The van der Waals surface area contributed by atoms with E-state index in [0.29, 0.717) is 16.7 Å². The van der Waals surface area contributed by atoms with Crippen LogP contribution in [0, 0.1) is 34.0 Å². The van der Waals surface area contributed by atoms with Crippen LogP contribution >= 0.6 is 0 Å². The predicted molar refractivity (Wildman–Crippen MR) is 138 cm³/mol. The third kappa shape index (κ3) is 4.31. The highest BCUT2D eigenvalue weighted by molar-refractivity contribution is 5.62. The van der Waals surface area contributed by atoms with Crippen molar-refractivity contribution in [2.75, 3.05) is 0 Å². The van der Waals surface area contributed by atoms with Gasteiger partial charge in [0, 0.05) is 0 Å². The van der Waals surface area contributed by atoms with Crippen molar-refractivity contribution in [3.8, 4) is 18.2 Å². The monoisotopic (exact) mass is 451 g/mol. The van der Waals surface area contributed by atoms with Gasteiger partial charge in [-0.05, 0) is 69.6 Å². The third-order valence-electron chi connectivity index (χ3n) is 6.50. The van der Waals surface area contributed by atoms with Gasteiger partial charge in [-0.15, -0.1) is 0 Å². The molecule has 0 radical (unpaired) electrons. The van der Waals surface area contributed by atoms with Crippen LogP contribution in [0.2, 0.25) is 0 Å². The second-order valence-corrected chi connectivity index (χ2v) is 9.65. The van der Waals surface area contributed by atoms with E-state index < -0.39 is 5.41 Å². The Morgan fingerprint density at radius 2 is 0.800 bits per heavy atom. The summed E-state index contributed by atoms with van der Waals surface area (Å²) in [6.45, 7) is 6.58. The largest absolute Gasteiger partial charge is 0.192 e. The molecule has 0 aliphatic carbocycles. The molecule has 0 aliphatic heterocycles. The van der Waals surface area contributed by atoms with E-state index in [9.17, 15) is 15.8 Å². The molecule has 4 aromatic carbocycles. The standard InChI is InChI=1S/C32H25N3/c1-31(2,3)29-5-4-6-30(19-29)32(26-13-7-23(20-33)8-14-26,27-15-9-24(21-34)10-16-27)28-17-11-25(22-35)12-18-28/h4-19H,1-3H3. The Balaban J connectivity index is 2.14. The van der Waals surface area contributed by atoms with Crippen LogP contribution in [0.15, 0.2) is 97.1 Å². The quantitative estimate of drug-likeness (QED) is 0.314. The molecule has 35 heavy (non-hydrogen) atoms. The van der Waals surface area contributed by atoms with Gasteiger partial charge in [0.05, 0.1) is 40.3 Å². The van der Waals surface area contributed by atoms with Crippen molar-refractivity contribution in [2.24, 2.45) is 0 Å². The fourth-order valence-corrected chi connectivity index (χ4v) is 4.60. The van der Waals surface area contributed by atoms with E-state index in [2.05, 4.69) is 63.2 Å². The fourth-order valence-electron chi connectivity index (χ4n) is 4.60. The Hall–Kier alpha value is -4.65. The average Bonchev–Trinajstić information content (AvgIpc) is 2.90. The van der Waals surface area contributed by atoms with Crippen LogP contribution < -0.4 is 0 Å². The van der Waals surface area contributed by atoms with E-state index in [4.69, 9.17) is 0 Å². The minimum Gasteiger partial charge on any atom is -0.192 e. The van der Waals surface area contributed by atoms with Crippen molar-refractivity contribution in [2.45, 2.75) is 31.6 Å². The molecular formula is C32H25N3. The average molecular weight is 452 g/mol. The topological polar surface area (TPSA) is 71.4 Å². The van der Waals surface area contributed by atoms with Crippen LogP contribution in [0.5, 0.6) is 0 Å². The van der Waals surface area contributed by atoms with Crippen LogP contribution in [0.4, 0.5) is 0 Å². The van der Waals surface area contributed by atoms with Gasteiger partial charge in [-0.25, -0.2) is 0 Å². The molecule has 0 heterocycles. The molecule has 0 bridgehead atoms. The van der Waals surface area contributed by atoms with E-state index in [0.717, 1.165) is 22.3 Å². The summed E-state index contributed by atoms with van der Waals surface area (Å²) in [5.74, 6) is 0. The van der Waals surface area contributed by atoms with E-state index in [1.54, 1.807) is 0 Å². The molecule has 0 N–H and O–H groups in total. The lowest BCUT2D eigenvalue weighted by Gasteiger charge is -2.37. The predicted octanol–water partition coefficient (Wildman–Crippen LogP) is 6.98. The van der Waals surface area contributed by atoms with E-state index in [-0.39, 0.29) is 5.41 Å². The van der Waals surface area contributed by atoms with Crippen molar-refractivity contribution < 1.29 is 0 Å². The first kappa shape index (κ1) is 23.5. The summed E-state index contributed by atoms with van der Waals surface area (Å²) >= 11 is 0. The maximum Gasteiger partial charge on any atom is 0.0991 e. The van der Waals surface area contributed by atoms with Crippen LogP contribution in [-0.4, -0.2) is 0 Å². The lowest BCUT2D eigenvalue weighted by molar-refractivity contribution is 0.587. The smallest absolute Gasteiger partial charge is 0.0991 e. The van der Waals surface area contributed by atoms with Crippen molar-refractivity contribution >= 4 is 0 Å². The summed E-state index contributed by atoms with van der Waals surface area (Å²) in [4.78, 5) is 0. The number of hydrogen-bond acceptors (Lipinski definition) is 3. The molecule has 3 heteroatoms. The summed E-state index contributed by atoms with van der Waals surface area (Å²) in [7, 11) is 0. The van der Waals surface area contributed by atoms with Crippen LogP contribution in [0.1, 0.15) is 65.3 Å². The number of nitriles is 3. The molecule has 168 valence electrons. The summed E-state index contributed by atoms with van der Waals surface area (Å²) < 4.78 is 0. The van der Waals surface area contributed by atoms with Gasteiger partial charge in [0.1, 0.15) is 0 Å².